The molecule has 0 spiro atoms. The van der Waals surface area contributed by atoms with Crippen LogP contribution < -0.4 is 5.32 Å². The Labute approximate surface area is 158 Å². The Hall–Kier alpha value is -2.28. The van der Waals surface area contributed by atoms with E-state index in [9.17, 15) is 14.7 Å². The lowest BCUT2D eigenvalue weighted by atomic mass is 10.0. The van der Waals surface area contributed by atoms with Gasteiger partial charge in [-0.1, -0.05) is 12.1 Å². The van der Waals surface area contributed by atoms with Crippen molar-refractivity contribution in [1.82, 2.24) is 15.1 Å². The van der Waals surface area contributed by atoms with Crippen molar-refractivity contribution in [2.45, 2.75) is 44.0 Å². The smallest absolute Gasteiger partial charge is 0.305 e. The number of aryl methyl sites for hydroxylation is 2. The SMILES string of the molecule is CSc1ccc(C(CC(=O)O)NC(=O)CCc2c(C)nn(C)c2C)cc1. The van der Waals surface area contributed by atoms with E-state index in [2.05, 4.69) is 10.4 Å². The summed E-state index contributed by atoms with van der Waals surface area (Å²) in [5.41, 5.74) is 3.84. The Morgan fingerprint density at radius 1 is 1.27 bits per heavy atom. The number of amides is 1. The van der Waals surface area contributed by atoms with Crippen LogP contribution in [0.2, 0.25) is 0 Å². The van der Waals surface area contributed by atoms with Gasteiger partial charge in [0, 0.05) is 24.1 Å². The van der Waals surface area contributed by atoms with Gasteiger partial charge in [0.25, 0.3) is 0 Å². The lowest BCUT2D eigenvalue weighted by Gasteiger charge is -2.18. The minimum absolute atomic E-state index is 0.144. The number of hydrogen-bond acceptors (Lipinski definition) is 4. The van der Waals surface area contributed by atoms with Gasteiger partial charge in [-0.2, -0.15) is 5.10 Å². The van der Waals surface area contributed by atoms with E-state index in [0.717, 1.165) is 27.4 Å². The first-order chi connectivity index (χ1) is 12.3. The number of rotatable bonds is 8. The van der Waals surface area contributed by atoms with Gasteiger partial charge in [0.2, 0.25) is 5.91 Å². The quantitative estimate of drug-likeness (QED) is 0.693. The minimum Gasteiger partial charge on any atom is -0.481 e. The van der Waals surface area contributed by atoms with Crippen LogP contribution in [-0.2, 0) is 23.1 Å². The Bertz CT molecular complexity index is 784. The number of hydrogen-bond donors (Lipinski definition) is 2. The highest BCUT2D eigenvalue weighted by molar-refractivity contribution is 7.98. The first-order valence-electron chi connectivity index (χ1n) is 8.46. The number of thioether (sulfide) groups is 1. The molecule has 1 aromatic heterocycles. The normalized spacial score (nSPS) is 12.0. The van der Waals surface area contributed by atoms with Crippen molar-refractivity contribution in [3.8, 4) is 0 Å². The molecule has 2 N–H and O–H groups in total. The zero-order valence-corrected chi connectivity index (χ0v) is 16.4. The molecule has 1 unspecified atom stereocenters. The second-order valence-electron chi connectivity index (χ2n) is 6.26. The van der Waals surface area contributed by atoms with Crippen molar-refractivity contribution in [3.63, 3.8) is 0 Å². The number of carboxylic acid groups (broad SMARTS) is 1. The minimum atomic E-state index is -0.941. The van der Waals surface area contributed by atoms with Crippen molar-refractivity contribution < 1.29 is 14.7 Å². The lowest BCUT2D eigenvalue weighted by molar-refractivity contribution is -0.137. The zero-order chi connectivity index (χ0) is 19.3. The summed E-state index contributed by atoms with van der Waals surface area (Å²) >= 11 is 1.62. The van der Waals surface area contributed by atoms with Crippen LogP contribution in [0, 0.1) is 13.8 Å². The van der Waals surface area contributed by atoms with E-state index >= 15 is 0 Å². The van der Waals surface area contributed by atoms with Gasteiger partial charge in [0.15, 0.2) is 0 Å². The van der Waals surface area contributed by atoms with E-state index in [-0.39, 0.29) is 12.3 Å². The second kappa shape index (κ2) is 8.89. The monoisotopic (exact) mass is 375 g/mol. The second-order valence-corrected chi connectivity index (χ2v) is 7.14. The molecule has 1 heterocycles. The largest absolute Gasteiger partial charge is 0.481 e. The van der Waals surface area contributed by atoms with Crippen LogP contribution in [0.1, 0.15) is 41.4 Å². The maximum Gasteiger partial charge on any atom is 0.305 e. The molecule has 140 valence electrons. The Morgan fingerprint density at radius 3 is 2.42 bits per heavy atom. The van der Waals surface area contributed by atoms with Crippen molar-refractivity contribution >= 4 is 23.6 Å². The average molecular weight is 375 g/mol. The number of benzene rings is 1. The summed E-state index contributed by atoms with van der Waals surface area (Å²) in [4.78, 5) is 24.7. The summed E-state index contributed by atoms with van der Waals surface area (Å²) in [6.07, 6.45) is 2.72. The van der Waals surface area contributed by atoms with Gasteiger partial charge in [-0.05, 0) is 49.8 Å². The number of carboxylic acids is 1. The van der Waals surface area contributed by atoms with Gasteiger partial charge in [0.1, 0.15) is 0 Å². The molecule has 1 atom stereocenters. The van der Waals surface area contributed by atoms with Crippen LogP contribution in [0.4, 0.5) is 0 Å². The molecular weight excluding hydrogens is 350 g/mol. The standard InChI is InChI=1S/C19H25N3O3S/c1-12-16(13(2)22(3)21-12)9-10-18(23)20-17(11-19(24)25)14-5-7-15(26-4)8-6-14/h5-8,17H,9-11H2,1-4H3,(H,20,23)(H,24,25). The van der Waals surface area contributed by atoms with Crippen molar-refractivity contribution in [3.05, 3.63) is 46.8 Å². The lowest BCUT2D eigenvalue weighted by Crippen LogP contribution is -2.30. The molecule has 6 nitrogen and oxygen atoms in total. The maximum atomic E-state index is 12.4. The Balaban J connectivity index is 2.04. The average Bonchev–Trinajstić information content (AvgIpc) is 2.84. The summed E-state index contributed by atoms with van der Waals surface area (Å²) < 4.78 is 1.81. The van der Waals surface area contributed by atoms with Crippen LogP contribution in [0.25, 0.3) is 0 Å². The molecule has 0 saturated carbocycles. The molecule has 0 aliphatic carbocycles. The van der Waals surface area contributed by atoms with Crippen molar-refractivity contribution in [1.29, 1.82) is 0 Å². The highest BCUT2D eigenvalue weighted by atomic mass is 32.2. The van der Waals surface area contributed by atoms with Crippen LogP contribution in [0.3, 0.4) is 0 Å². The summed E-state index contributed by atoms with van der Waals surface area (Å²) in [7, 11) is 1.88. The first-order valence-corrected chi connectivity index (χ1v) is 9.68. The molecule has 1 aromatic carbocycles. The third kappa shape index (κ3) is 5.11. The van der Waals surface area contributed by atoms with Crippen LogP contribution in [0.15, 0.2) is 29.2 Å². The molecule has 0 aliphatic rings. The predicted molar refractivity (Wildman–Crippen MR) is 102 cm³/mol. The van der Waals surface area contributed by atoms with Gasteiger partial charge < -0.3 is 10.4 Å². The van der Waals surface area contributed by atoms with Crippen LogP contribution in [0.5, 0.6) is 0 Å². The van der Waals surface area contributed by atoms with Gasteiger partial charge in [-0.3, -0.25) is 14.3 Å². The molecule has 1 amide bonds. The third-order valence-electron chi connectivity index (χ3n) is 4.49. The van der Waals surface area contributed by atoms with Crippen molar-refractivity contribution in [2.24, 2.45) is 7.05 Å². The van der Waals surface area contributed by atoms with E-state index in [0.29, 0.717) is 12.8 Å². The van der Waals surface area contributed by atoms with Crippen LogP contribution in [-0.4, -0.2) is 33.0 Å². The van der Waals surface area contributed by atoms with Gasteiger partial charge in [0.05, 0.1) is 18.2 Å². The number of nitrogens with zero attached hydrogens (tertiary/aromatic N) is 2. The topological polar surface area (TPSA) is 84.2 Å². The summed E-state index contributed by atoms with van der Waals surface area (Å²) in [5.74, 6) is -1.10. The number of carbonyl (C=O) groups excluding carboxylic acids is 1. The predicted octanol–water partition coefficient (Wildman–Crippen LogP) is 3.02. The van der Waals surface area contributed by atoms with E-state index in [1.54, 1.807) is 11.8 Å². The molecule has 2 aromatic rings. The van der Waals surface area contributed by atoms with Gasteiger partial charge in [-0.25, -0.2) is 0 Å². The first kappa shape index (κ1) is 20.0. The maximum absolute atomic E-state index is 12.4. The molecule has 26 heavy (non-hydrogen) atoms. The van der Waals surface area contributed by atoms with E-state index < -0.39 is 12.0 Å². The summed E-state index contributed by atoms with van der Waals surface area (Å²) in [6, 6.07) is 7.07. The number of nitrogens with one attached hydrogen (secondary N) is 1. The Morgan fingerprint density at radius 2 is 1.92 bits per heavy atom. The molecule has 0 radical (unpaired) electrons. The highest BCUT2D eigenvalue weighted by Crippen LogP contribution is 2.22. The summed E-state index contributed by atoms with van der Waals surface area (Å²) in [6.45, 7) is 3.91. The zero-order valence-electron chi connectivity index (χ0n) is 15.6. The molecule has 2 rings (SSSR count). The van der Waals surface area contributed by atoms with Gasteiger partial charge in [-0.15, -0.1) is 11.8 Å². The fourth-order valence-electron chi connectivity index (χ4n) is 2.95. The summed E-state index contributed by atoms with van der Waals surface area (Å²) in [5, 5.41) is 16.4. The van der Waals surface area contributed by atoms with Gasteiger partial charge >= 0.3 is 5.97 Å². The van der Waals surface area contributed by atoms with E-state index in [1.165, 1.54) is 0 Å². The number of aromatic nitrogens is 2. The molecule has 0 bridgehead atoms. The Kier molecular flexibility index (Phi) is 6.85. The molecule has 0 saturated heterocycles. The van der Waals surface area contributed by atoms with E-state index in [4.69, 9.17) is 0 Å². The third-order valence-corrected chi connectivity index (χ3v) is 5.24. The molecule has 0 fully saturated rings. The number of aliphatic carboxylic acids is 1. The highest BCUT2D eigenvalue weighted by Gasteiger charge is 2.19. The van der Waals surface area contributed by atoms with E-state index in [1.807, 2.05) is 56.1 Å². The number of carbonyl (C=O) groups is 2. The molecule has 0 aliphatic heterocycles. The fourth-order valence-corrected chi connectivity index (χ4v) is 3.36. The molecular formula is C19H25N3O3S. The fraction of sp³-hybridized carbons (Fsp3) is 0.421. The van der Waals surface area contributed by atoms with Crippen molar-refractivity contribution in [2.75, 3.05) is 6.26 Å². The molecule has 7 heteroatoms. The van der Waals surface area contributed by atoms with Crippen LogP contribution >= 0.6 is 11.8 Å².